The van der Waals surface area contributed by atoms with Crippen LogP contribution in [0, 0.1) is 6.92 Å². The molecule has 1 aromatic heterocycles. The van der Waals surface area contributed by atoms with E-state index in [1.54, 1.807) is 11.9 Å². The van der Waals surface area contributed by atoms with Gasteiger partial charge in [0.15, 0.2) is 0 Å². The van der Waals surface area contributed by atoms with Gasteiger partial charge in [0.2, 0.25) is 0 Å². The zero-order valence-corrected chi connectivity index (χ0v) is 8.11. The average Bonchev–Trinajstić information content (AvgIpc) is 2.03. The molecule has 0 bridgehead atoms. The smallest absolute Gasteiger partial charge is 0.0659 e. The van der Waals surface area contributed by atoms with Crippen molar-refractivity contribution in [3.8, 4) is 0 Å². The van der Waals surface area contributed by atoms with Crippen molar-refractivity contribution >= 4 is 17.6 Å². The van der Waals surface area contributed by atoms with Crippen LogP contribution in [0.3, 0.4) is 0 Å². The fourth-order valence-corrected chi connectivity index (χ4v) is 2.17. The summed E-state index contributed by atoms with van der Waals surface area (Å²) in [6.45, 7) is 4.27. The molecule has 2 nitrogen and oxygen atoms in total. The number of hydrogen-bond donors (Lipinski definition) is 1. The van der Waals surface area contributed by atoms with Crippen LogP contribution in [0.15, 0.2) is 12.3 Å². The first-order chi connectivity index (χ1) is 5.75. The number of anilines is 1. The van der Waals surface area contributed by atoms with Crippen LogP contribution in [0.4, 0.5) is 5.69 Å². The predicted octanol–water partition coefficient (Wildman–Crippen LogP) is 2.39. The fraction of sp³-hybridized carbons (Fsp3) is 0.444. The number of hydrogen-bond acceptors (Lipinski definition) is 3. The second kappa shape index (κ2) is 2.98. The van der Waals surface area contributed by atoms with Gasteiger partial charge in [-0.25, -0.2) is 0 Å². The van der Waals surface area contributed by atoms with Gasteiger partial charge < -0.3 is 4.72 Å². The van der Waals surface area contributed by atoms with Crippen molar-refractivity contribution < 1.29 is 0 Å². The lowest BCUT2D eigenvalue weighted by molar-refractivity contribution is 0.928. The first-order valence-corrected chi connectivity index (χ1v) is 5.01. The molecule has 1 atom stereocenters. The summed E-state index contributed by atoms with van der Waals surface area (Å²) >= 11 is 1.78. The number of fused-ring (bicyclic) bond motifs is 1. The SMILES string of the molecule is Cc1cc2c(cn1)NSC(C)C2. The largest absolute Gasteiger partial charge is 0.328 e. The Morgan fingerprint density at radius 1 is 1.67 bits per heavy atom. The number of aromatic nitrogens is 1. The molecule has 64 valence electrons. The van der Waals surface area contributed by atoms with Gasteiger partial charge in [0, 0.05) is 10.9 Å². The Hall–Kier alpha value is -0.700. The fourth-order valence-electron chi connectivity index (χ4n) is 1.39. The van der Waals surface area contributed by atoms with Gasteiger partial charge in [-0.3, -0.25) is 4.98 Å². The van der Waals surface area contributed by atoms with E-state index in [0.717, 1.165) is 12.1 Å². The van der Waals surface area contributed by atoms with Crippen LogP contribution in [-0.4, -0.2) is 10.2 Å². The lowest BCUT2D eigenvalue weighted by atomic mass is 10.1. The summed E-state index contributed by atoms with van der Waals surface area (Å²) in [7, 11) is 0. The molecule has 3 heteroatoms. The van der Waals surface area contributed by atoms with E-state index in [1.807, 2.05) is 13.1 Å². The topological polar surface area (TPSA) is 24.9 Å². The Morgan fingerprint density at radius 2 is 2.50 bits per heavy atom. The van der Waals surface area contributed by atoms with Crippen molar-refractivity contribution in [2.24, 2.45) is 0 Å². The van der Waals surface area contributed by atoms with Crippen molar-refractivity contribution in [2.75, 3.05) is 4.72 Å². The third kappa shape index (κ3) is 1.41. The number of nitrogens with zero attached hydrogens (tertiary/aromatic N) is 1. The Kier molecular flexibility index (Phi) is 1.97. The molecule has 1 aromatic rings. The normalized spacial score (nSPS) is 21.3. The van der Waals surface area contributed by atoms with Crippen molar-refractivity contribution in [1.29, 1.82) is 0 Å². The van der Waals surface area contributed by atoms with Gasteiger partial charge in [-0.2, -0.15) is 0 Å². The third-order valence-electron chi connectivity index (χ3n) is 2.00. The van der Waals surface area contributed by atoms with Crippen LogP contribution < -0.4 is 4.72 Å². The summed E-state index contributed by atoms with van der Waals surface area (Å²) in [4.78, 5) is 4.24. The molecule has 0 amide bonds. The highest BCUT2D eigenvalue weighted by molar-refractivity contribution is 8.01. The summed E-state index contributed by atoms with van der Waals surface area (Å²) in [6.07, 6.45) is 3.07. The van der Waals surface area contributed by atoms with E-state index in [-0.39, 0.29) is 0 Å². The number of rotatable bonds is 0. The third-order valence-corrected chi connectivity index (χ3v) is 2.91. The second-order valence-corrected chi connectivity index (χ2v) is 4.46. The van der Waals surface area contributed by atoms with Crippen molar-refractivity contribution in [3.05, 3.63) is 23.5 Å². The first-order valence-electron chi connectivity index (χ1n) is 4.13. The van der Waals surface area contributed by atoms with Crippen LogP contribution in [0.5, 0.6) is 0 Å². The van der Waals surface area contributed by atoms with Gasteiger partial charge in [-0.1, -0.05) is 6.92 Å². The van der Waals surface area contributed by atoms with E-state index in [9.17, 15) is 0 Å². The van der Waals surface area contributed by atoms with Gasteiger partial charge in [-0.05, 0) is 36.9 Å². The van der Waals surface area contributed by atoms with E-state index < -0.39 is 0 Å². The molecule has 2 rings (SSSR count). The lowest BCUT2D eigenvalue weighted by Crippen LogP contribution is -2.13. The average molecular weight is 180 g/mol. The zero-order valence-electron chi connectivity index (χ0n) is 7.29. The maximum absolute atomic E-state index is 4.24. The first kappa shape index (κ1) is 7.92. The molecule has 12 heavy (non-hydrogen) atoms. The minimum atomic E-state index is 0.666. The van der Waals surface area contributed by atoms with Crippen molar-refractivity contribution in [3.63, 3.8) is 0 Å². The maximum atomic E-state index is 4.24. The summed E-state index contributed by atoms with van der Waals surface area (Å²) in [5.41, 5.74) is 3.69. The zero-order chi connectivity index (χ0) is 8.55. The van der Waals surface area contributed by atoms with E-state index in [2.05, 4.69) is 22.7 Å². The van der Waals surface area contributed by atoms with Crippen molar-refractivity contribution in [2.45, 2.75) is 25.5 Å². The molecule has 1 aliphatic heterocycles. The van der Waals surface area contributed by atoms with E-state index in [0.29, 0.717) is 5.25 Å². The van der Waals surface area contributed by atoms with Gasteiger partial charge in [-0.15, -0.1) is 0 Å². The van der Waals surface area contributed by atoms with Crippen LogP contribution in [0.25, 0.3) is 0 Å². The highest BCUT2D eigenvalue weighted by Gasteiger charge is 2.14. The quantitative estimate of drug-likeness (QED) is 0.620. The standard InChI is InChI=1S/C9H12N2S/c1-6-3-8-4-7(2)12-11-9(8)5-10-6/h3,5,7,11H,4H2,1-2H3. The molecule has 1 N–H and O–H groups in total. The Labute approximate surface area is 76.9 Å². The number of nitrogens with one attached hydrogen (secondary N) is 1. The summed E-state index contributed by atoms with van der Waals surface area (Å²) < 4.78 is 3.29. The van der Waals surface area contributed by atoms with E-state index in [1.165, 1.54) is 11.3 Å². The molecular formula is C9H12N2S. The maximum Gasteiger partial charge on any atom is 0.0659 e. The molecular weight excluding hydrogens is 168 g/mol. The molecule has 0 radical (unpaired) electrons. The van der Waals surface area contributed by atoms with Gasteiger partial charge in [0.1, 0.15) is 0 Å². The summed E-state index contributed by atoms with van der Waals surface area (Å²) in [6, 6.07) is 2.17. The lowest BCUT2D eigenvalue weighted by Gasteiger charge is -2.21. The second-order valence-electron chi connectivity index (χ2n) is 3.22. The number of pyridine rings is 1. The van der Waals surface area contributed by atoms with Crippen LogP contribution in [0.1, 0.15) is 18.2 Å². The van der Waals surface area contributed by atoms with Crippen LogP contribution in [-0.2, 0) is 6.42 Å². The molecule has 0 aliphatic carbocycles. The molecule has 0 saturated carbocycles. The Balaban J connectivity index is 2.37. The summed E-state index contributed by atoms with van der Waals surface area (Å²) in [5, 5.41) is 0.666. The monoisotopic (exact) mass is 180 g/mol. The molecule has 1 unspecified atom stereocenters. The summed E-state index contributed by atoms with van der Waals surface area (Å²) in [5.74, 6) is 0. The molecule has 1 aliphatic rings. The predicted molar refractivity (Wildman–Crippen MR) is 53.4 cm³/mol. The molecule has 2 heterocycles. The molecule has 0 spiro atoms. The highest BCUT2D eigenvalue weighted by Crippen LogP contribution is 2.29. The van der Waals surface area contributed by atoms with Gasteiger partial charge in [0.25, 0.3) is 0 Å². The molecule has 0 fully saturated rings. The van der Waals surface area contributed by atoms with Crippen LogP contribution in [0.2, 0.25) is 0 Å². The molecule has 0 saturated heterocycles. The van der Waals surface area contributed by atoms with E-state index in [4.69, 9.17) is 0 Å². The van der Waals surface area contributed by atoms with Crippen LogP contribution >= 0.6 is 11.9 Å². The molecule has 0 aromatic carbocycles. The highest BCUT2D eigenvalue weighted by atomic mass is 32.2. The minimum Gasteiger partial charge on any atom is -0.328 e. The van der Waals surface area contributed by atoms with Gasteiger partial charge in [0.05, 0.1) is 11.9 Å². The van der Waals surface area contributed by atoms with Crippen molar-refractivity contribution in [1.82, 2.24) is 4.98 Å². The number of aryl methyl sites for hydroxylation is 1. The van der Waals surface area contributed by atoms with E-state index >= 15 is 0 Å². The minimum absolute atomic E-state index is 0.666. The Morgan fingerprint density at radius 3 is 3.33 bits per heavy atom. The van der Waals surface area contributed by atoms with Gasteiger partial charge >= 0.3 is 0 Å². The Bertz CT molecular complexity index is 299.